The molecular weight excluding hydrogens is 260 g/mol. The van der Waals surface area contributed by atoms with Gasteiger partial charge in [-0.2, -0.15) is 4.98 Å². The fourth-order valence-corrected chi connectivity index (χ4v) is 1.32. The Morgan fingerprint density at radius 2 is 2.00 bits per heavy atom. The van der Waals surface area contributed by atoms with Gasteiger partial charge in [-0.25, -0.2) is 8.78 Å². The molecule has 0 unspecified atom stereocenters. The third-order valence-corrected chi connectivity index (χ3v) is 2.16. The van der Waals surface area contributed by atoms with Crippen LogP contribution in [0.15, 0.2) is 30.3 Å². The topological polar surface area (TPSA) is 91.3 Å². The molecule has 1 aromatic carbocycles. The molecule has 0 atom stereocenters. The molecule has 0 amide bonds. The molecule has 0 aliphatic carbocycles. The average molecular weight is 267 g/mol. The van der Waals surface area contributed by atoms with Crippen LogP contribution in [0.1, 0.15) is 0 Å². The zero-order valence-corrected chi connectivity index (χ0v) is 9.34. The Balaban J connectivity index is 2.42. The van der Waals surface area contributed by atoms with Gasteiger partial charge in [-0.15, -0.1) is 0 Å². The molecule has 2 aromatic rings. The number of nitrogens with two attached hydrogens (primary N) is 1. The number of halogens is 2. The van der Waals surface area contributed by atoms with E-state index in [9.17, 15) is 18.9 Å². The van der Waals surface area contributed by atoms with Crippen LogP contribution in [0.5, 0.6) is 11.6 Å². The van der Waals surface area contributed by atoms with Crippen molar-refractivity contribution in [1.29, 1.82) is 0 Å². The predicted molar refractivity (Wildman–Crippen MR) is 61.7 cm³/mol. The Morgan fingerprint density at radius 1 is 1.26 bits per heavy atom. The van der Waals surface area contributed by atoms with E-state index in [-0.39, 0.29) is 11.6 Å². The van der Waals surface area contributed by atoms with Crippen LogP contribution in [-0.4, -0.2) is 9.91 Å². The number of anilines is 1. The van der Waals surface area contributed by atoms with Crippen LogP contribution < -0.4 is 10.5 Å². The minimum atomic E-state index is -1.00. The molecule has 0 aliphatic heterocycles. The minimum Gasteiger partial charge on any atom is -0.430 e. The molecule has 0 bridgehead atoms. The molecule has 8 heteroatoms. The molecule has 1 aromatic heterocycles. The second-order valence-corrected chi connectivity index (χ2v) is 3.49. The van der Waals surface area contributed by atoms with Gasteiger partial charge in [-0.3, -0.25) is 10.1 Å². The minimum absolute atomic E-state index is 0.0249. The van der Waals surface area contributed by atoms with Gasteiger partial charge in [0.15, 0.2) is 11.6 Å². The number of hydrogen-bond acceptors (Lipinski definition) is 5. The fourth-order valence-electron chi connectivity index (χ4n) is 1.32. The third-order valence-electron chi connectivity index (χ3n) is 2.16. The maximum absolute atomic E-state index is 13.4. The van der Waals surface area contributed by atoms with Gasteiger partial charge < -0.3 is 10.5 Å². The monoisotopic (exact) mass is 267 g/mol. The Hall–Kier alpha value is -2.77. The molecule has 0 aliphatic rings. The summed E-state index contributed by atoms with van der Waals surface area (Å²) in [5.74, 6) is -2.67. The Bertz CT molecular complexity index is 649. The summed E-state index contributed by atoms with van der Waals surface area (Å²) in [6, 6.07) is 4.84. The van der Waals surface area contributed by atoms with Crippen molar-refractivity contribution in [2.75, 3.05) is 5.73 Å². The van der Waals surface area contributed by atoms with Crippen LogP contribution >= 0.6 is 0 Å². The Kier molecular flexibility index (Phi) is 3.23. The highest BCUT2D eigenvalue weighted by Gasteiger charge is 2.19. The molecule has 6 nitrogen and oxygen atoms in total. The molecule has 98 valence electrons. The highest BCUT2D eigenvalue weighted by Crippen LogP contribution is 2.31. The van der Waals surface area contributed by atoms with Crippen molar-refractivity contribution in [2.45, 2.75) is 0 Å². The summed E-state index contributed by atoms with van der Waals surface area (Å²) >= 11 is 0. The van der Waals surface area contributed by atoms with Gasteiger partial charge in [0, 0.05) is 12.1 Å². The SMILES string of the molecule is Nc1ccc([N+](=O)[O-])c(Oc2ccc(F)cc2F)n1. The van der Waals surface area contributed by atoms with Crippen molar-refractivity contribution in [3.05, 3.63) is 52.1 Å². The Morgan fingerprint density at radius 3 is 2.63 bits per heavy atom. The lowest BCUT2D eigenvalue weighted by Crippen LogP contribution is -2.00. The van der Waals surface area contributed by atoms with E-state index in [0.717, 1.165) is 18.2 Å². The first kappa shape index (κ1) is 12.7. The maximum Gasteiger partial charge on any atom is 0.331 e. The number of benzene rings is 1. The largest absolute Gasteiger partial charge is 0.430 e. The number of nitro groups is 1. The summed E-state index contributed by atoms with van der Waals surface area (Å²) in [6.07, 6.45) is 0. The lowest BCUT2D eigenvalue weighted by molar-refractivity contribution is -0.386. The smallest absolute Gasteiger partial charge is 0.331 e. The molecule has 0 radical (unpaired) electrons. The summed E-state index contributed by atoms with van der Waals surface area (Å²) in [5, 5.41) is 10.8. The summed E-state index contributed by atoms with van der Waals surface area (Å²) in [7, 11) is 0. The molecule has 2 N–H and O–H groups in total. The van der Waals surface area contributed by atoms with Crippen molar-refractivity contribution >= 4 is 11.5 Å². The number of rotatable bonds is 3. The second-order valence-electron chi connectivity index (χ2n) is 3.49. The van der Waals surface area contributed by atoms with Crippen LogP contribution in [0.4, 0.5) is 20.3 Å². The number of aromatic nitrogens is 1. The van der Waals surface area contributed by atoms with Crippen LogP contribution in [-0.2, 0) is 0 Å². The summed E-state index contributed by atoms with van der Waals surface area (Å²) in [4.78, 5) is 13.6. The van der Waals surface area contributed by atoms with E-state index in [1.54, 1.807) is 0 Å². The van der Waals surface area contributed by atoms with Gasteiger partial charge in [0.25, 0.3) is 0 Å². The first-order chi connectivity index (χ1) is 8.97. The average Bonchev–Trinajstić information content (AvgIpc) is 2.32. The van der Waals surface area contributed by atoms with E-state index in [4.69, 9.17) is 10.5 Å². The van der Waals surface area contributed by atoms with Gasteiger partial charge in [-0.1, -0.05) is 0 Å². The summed E-state index contributed by atoms with van der Waals surface area (Å²) < 4.78 is 31.1. The number of ether oxygens (including phenoxy) is 1. The van der Waals surface area contributed by atoms with Crippen LogP contribution in [0.2, 0.25) is 0 Å². The van der Waals surface area contributed by atoms with E-state index >= 15 is 0 Å². The van der Waals surface area contributed by atoms with E-state index in [0.29, 0.717) is 6.07 Å². The highest BCUT2D eigenvalue weighted by molar-refractivity contribution is 5.48. The molecule has 0 spiro atoms. The number of hydrogen-bond donors (Lipinski definition) is 1. The van der Waals surface area contributed by atoms with Crippen molar-refractivity contribution in [3.8, 4) is 11.6 Å². The predicted octanol–water partition coefficient (Wildman–Crippen LogP) is 2.64. The molecule has 0 saturated carbocycles. The van der Waals surface area contributed by atoms with Gasteiger partial charge in [0.2, 0.25) is 0 Å². The number of nitrogens with zero attached hydrogens (tertiary/aromatic N) is 2. The molecule has 0 fully saturated rings. The molecular formula is C11H7F2N3O3. The van der Waals surface area contributed by atoms with Crippen LogP contribution in [0.3, 0.4) is 0 Å². The highest BCUT2D eigenvalue weighted by atomic mass is 19.1. The maximum atomic E-state index is 13.4. The van der Waals surface area contributed by atoms with Crippen LogP contribution in [0.25, 0.3) is 0 Å². The zero-order chi connectivity index (χ0) is 14.0. The van der Waals surface area contributed by atoms with E-state index < -0.39 is 28.1 Å². The number of nitrogen functional groups attached to an aromatic ring is 1. The molecule has 0 saturated heterocycles. The molecule has 1 heterocycles. The number of pyridine rings is 1. The van der Waals surface area contributed by atoms with Gasteiger partial charge in [0.1, 0.15) is 11.6 Å². The lowest BCUT2D eigenvalue weighted by atomic mass is 10.3. The molecule has 19 heavy (non-hydrogen) atoms. The van der Waals surface area contributed by atoms with E-state index in [1.807, 2.05) is 0 Å². The quantitative estimate of drug-likeness (QED) is 0.681. The first-order valence-corrected chi connectivity index (χ1v) is 5.01. The van der Waals surface area contributed by atoms with E-state index in [1.165, 1.54) is 6.07 Å². The zero-order valence-electron chi connectivity index (χ0n) is 9.34. The first-order valence-electron chi connectivity index (χ1n) is 5.01. The fraction of sp³-hybridized carbons (Fsp3) is 0. The van der Waals surface area contributed by atoms with Crippen LogP contribution in [0, 0.1) is 21.7 Å². The van der Waals surface area contributed by atoms with Gasteiger partial charge in [0.05, 0.1) is 4.92 Å². The van der Waals surface area contributed by atoms with Crippen molar-refractivity contribution < 1.29 is 18.4 Å². The second kappa shape index (κ2) is 4.84. The van der Waals surface area contributed by atoms with Crippen molar-refractivity contribution in [2.24, 2.45) is 0 Å². The standard InChI is InChI=1S/C11H7F2N3O3/c12-6-1-3-9(7(13)5-6)19-11-8(16(17)18)2-4-10(14)15-11/h1-5H,(H2,14,15). The van der Waals surface area contributed by atoms with Gasteiger partial charge in [-0.05, 0) is 18.2 Å². The van der Waals surface area contributed by atoms with E-state index in [2.05, 4.69) is 4.98 Å². The third kappa shape index (κ3) is 2.73. The summed E-state index contributed by atoms with van der Waals surface area (Å²) in [5.41, 5.74) is 4.90. The lowest BCUT2D eigenvalue weighted by Gasteiger charge is -2.06. The summed E-state index contributed by atoms with van der Waals surface area (Å²) in [6.45, 7) is 0. The van der Waals surface area contributed by atoms with Crippen molar-refractivity contribution in [3.63, 3.8) is 0 Å². The molecule has 2 rings (SSSR count). The normalized spacial score (nSPS) is 10.2. The Labute approximate surface area is 105 Å². The van der Waals surface area contributed by atoms with Crippen molar-refractivity contribution in [1.82, 2.24) is 4.98 Å². The van der Waals surface area contributed by atoms with Gasteiger partial charge >= 0.3 is 11.6 Å².